The molecule has 0 aromatic carbocycles. The Kier molecular flexibility index (Phi) is 42.0. The first-order chi connectivity index (χ1) is 27.7. The molecule has 8 heteroatoms. The summed E-state index contributed by atoms with van der Waals surface area (Å²) in [6.07, 6.45) is 52.5. The summed E-state index contributed by atoms with van der Waals surface area (Å²) in [6.45, 7) is 4.54. The van der Waals surface area contributed by atoms with Crippen molar-refractivity contribution in [2.24, 2.45) is 0 Å². The van der Waals surface area contributed by atoms with Gasteiger partial charge in [-0.05, 0) is 32.1 Å². The van der Waals surface area contributed by atoms with E-state index < -0.39 is 40.0 Å². The predicted molar refractivity (Wildman–Crippen MR) is 245 cm³/mol. The van der Waals surface area contributed by atoms with Gasteiger partial charge < -0.3 is 15.5 Å². The molecule has 0 rings (SSSR count). The second-order valence-corrected chi connectivity index (χ2v) is 18.7. The average Bonchev–Trinajstić information content (AvgIpc) is 3.18. The lowest BCUT2D eigenvalue weighted by Gasteiger charge is -2.22. The Morgan fingerprint density at radius 1 is 0.474 bits per heavy atom. The molecule has 0 heterocycles. The Morgan fingerprint density at radius 3 is 1.16 bits per heavy atom. The van der Waals surface area contributed by atoms with Crippen LogP contribution in [0.25, 0.3) is 0 Å². The predicted octanol–water partition coefficient (Wildman–Crippen LogP) is 14.1. The molecule has 338 valence electrons. The third-order valence-corrected chi connectivity index (χ3v) is 12.3. The van der Waals surface area contributed by atoms with Crippen molar-refractivity contribution in [3.8, 4) is 0 Å². The molecule has 4 N–H and O–H groups in total. The van der Waals surface area contributed by atoms with Gasteiger partial charge in [0.05, 0.1) is 17.9 Å². The van der Waals surface area contributed by atoms with E-state index in [9.17, 15) is 28.0 Å². The fourth-order valence-electron chi connectivity index (χ4n) is 7.71. The van der Waals surface area contributed by atoms with Crippen LogP contribution in [0, 0.1) is 0 Å². The van der Waals surface area contributed by atoms with Crippen LogP contribution in [-0.4, -0.2) is 53.1 Å². The van der Waals surface area contributed by atoms with Crippen LogP contribution >= 0.6 is 0 Å². The lowest BCUT2D eigenvalue weighted by Crippen LogP contribution is -2.50. The lowest BCUT2D eigenvalue weighted by atomic mass is 10.0. The van der Waals surface area contributed by atoms with Crippen molar-refractivity contribution < 1.29 is 28.0 Å². The van der Waals surface area contributed by atoms with E-state index in [1.165, 1.54) is 199 Å². The quantitative estimate of drug-likeness (QED) is 0.0275. The third-order valence-electron chi connectivity index (χ3n) is 11.5. The minimum absolute atomic E-state index is 0.279. The Balaban J connectivity index is 3.94. The molecular weight excluding hydrogens is 731 g/mol. The maximum Gasteiger partial charge on any atom is 0.267 e. The zero-order chi connectivity index (χ0) is 41.9. The third kappa shape index (κ3) is 42.7. The minimum atomic E-state index is -4.45. The molecule has 0 saturated heterocycles. The normalized spacial score (nSPS) is 13.8. The highest BCUT2D eigenvalue weighted by Gasteiger charge is 2.27. The number of amides is 1. The summed E-state index contributed by atoms with van der Waals surface area (Å²) < 4.78 is 32.7. The first kappa shape index (κ1) is 55.8. The Hall–Kier alpha value is -1.22. The van der Waals surface area contributed by atoms with Crippen molar-refractivity contribution >= 4 is 16.0 Å². The van der Waals surface area contributed by atoms with Gasteiger partial charge in [-0.2, -0.15) is 8.42 Å². The molecular formula is C49H95NO6S. The fraction of sp³-hybridized carbons (Fsp3) is 0.898. The molecule has 3 atom stereocenters. The van der Waals surface area contributed by atoms with Gasteiger partial charge in [0.2, 0.25) is 5.91 Å². The van der Waals surface area contributed by atoms with E-state index in [2.05, 4.69) is 31.3 Å². The first-order valence-corrected chi connectivity index (χ1v) is 26.3. The summed E-state index contributed by atoms with van der Waals surface area (Å²) in [5.41, 5.74) is 0. The van der Waals surface area contributed by atoms with Crippen LogP contribution in [0.1, 0.15) is 258 Å². The van der Waals surface area contributed by atoms with Gasteiger partial charge in [-0.1, -0.05) is 250 Å². The number of hydrogen-bond donors (Lipinski definition) is 4. The van der Waals surface area contributed by atoms with Crippen LogP contribution in [0.15, 0.2) is 24.3 Å². The van der Waals surface area contributed by atoms with E-state index in [4.69, 9.17) is 0 Å². The summed E-state index contributed by atoms with van der Waals surface area (Å²) in [6, 6.07) is -1.25. The highest BCUT2D eigenvalue weighted by atomic mass is 32.2. The number of allylic oxidation sites excluding steroid dienone is 3. The molecule has 0 radical (unpaired) electrons. The van der Waals surface area contributed by atoms with Crippen molar-refractivity contribution in [1.82, 2.24) is 5.32 Å². The highest BCUT2D eigenvalue weighted by molar-refractivity contribution is 7.85. The van der Waals surface area contributed by atoms with Crippen molar-refractivity contribution in [2.45, 2.75) is 276 Å². The molecule has 0 saturated carbocycles. The van der Waals surface area contributed by atoms with E-state index in [-0.39, 0.29) is 6.42 Å². The van der Waals surface area contributed by atoms with E-state index in [0.717, 1.165) is 32.1 Å². The number of carbonyl (C=O) groups is 1. The second kappa shape index (κ2) is 42.9. The Bertz CT molecular complexity index is 1020. The molecule has 0 aliphatic carbocycles. The van der Waals surface area contributed by atoms with Crippen molar-refractivity contribution in [1.29, 1.82) is 0 Å². The maximum atomic E-state index is 12.7. The fourth-order valence-corrected chi connectivity index (χ4v) is 8.44. The maximum absolute atomic E-state index is 12.7. The Morgan fingerprint density at radius 2 is 0.789 bits per heavy atom. The van der Waals surface area contributed by atoms with Gasteiger partial charge in [-0.25, -0.2) is 0 Å². The zero-order valence-electron chi connectivity index (χ0n) is 37.6. The number of unbranched alkanes of at least 4 members (excludes halogenated alkanes) is 34. The van der Waals surface area contributed by atoms with Crippen LogP contribution in [0.2, 0.25) is 0 Å². The molecule has 0 aromatic rings. The van der Waals surface area contributed by atoms with Gasteiger partial charge in [0, 0.05) is 0 Å². The number of rotatable bonds is 45. The van der Waals surface area contributed by atoms with Crippen molar-refractivity contribution in [3.63, 3.8) is 0 Å². The molecule has 0 spiro atoms. The van der Waals surface area contributed by atoms with Gasteiger partial charge in [-0.3, -0.25) is 9.35 Å². The lowest BCUT2D eigenvalue weighted by molar-refractivity contribution is -0.130. The first-order valence-electron chi connectivity index (χ1n) is 24.6. The van der Waals surface area contributed by atoms with Gasteiger partial charge in [-0.15, -0.1) is 0 Å². The van der Waals surface area contributed by atoms with E-state index in [0.29, 0.717) is 12.8 Å². The van der Waals surface area contributed by atoms with Gasteiger partial charge in [0.25, 0.3) is 10.1 Å². The Labute approximate surface area is 354 Å². The van der Waals surface area contributed by atoms with Crippen LogP contribution in [0.4, 0.5) is 0 Å². The molecule has 0 fully saturated rings. The SMILES string of the molecule is CCCCCCCCCCCCCCCC/C=C/CC/C=C/C(O)C(CS(=O)(=O)O)NC(=O)C(O)CCCCCCCCCCCCCCCCCCCCCC. The van der Waals surface area contributed by atoms with Crippen LogP contribution in [0.5, 0.6) is 0 Å². The summed E-state index contributed by atoms with van der Waals surface area (Å²) in [5.74, 6) is -1.55. The largest absolute Gasteiger partial charge is 0.387 e. The summed E-state index contributed by atoms with van der Waals surface area (Å²) >= 11 is 0. The average molecular weight is 826 g/mol. The number of hydrogen-bond acceptors (Lipinski definition) is 5. The van der Waals surface area contributed by atoms with E-state index in [1.807, 2.05) is 0 Å². The van der Waals surface area contributed by atoms with Gasteiger partial charge in [0.1, 0.15) is 6.10 Å². The number of nitrogens with one attached hydrogen (secondary N) is 1. The van der Waals surface area contributed by atoms with E-state index >= 15 is 0 Å². The molecule has 7 nitrogen and oxygen atoms in total. The molecule has 0 aromatic heterocycles. The topological polar surface area (TPSA) is 124 Å². The number of aliphatic hydroxyl groups excluding tert-OH is 2. The smallest absolute Gasteiger partial charge is 0.267 e. The molecule has 0 aliphatic heterocycles. The molecule has 0 bridgehead atoms. The van der Waals surface area contributed by atoms with Gasteiger partial charge in [0.15, 0.2) is 0 Å². The summed E-state index contributed by atoms with van der Waals surface area (Å²) in [5, 5.41) is 23.5. The summed E-state index contributed by atoms with van der Waals surface area (Å²) in [7, 11) is -4.45. The van der Waals surface area contributed by atoms with Crippen LogP contribution in [0.3, 0.4) is 0 Å². The van der Waals surface area contributed by atoms with Crippen LogP contribution < -0.4 is 5.32 Å². The standard InChI is InChI=1S/C49H95NO6S/c1-3-5-7-9-11-13-15-17-19-21-23-25-27-29-31-33-35-37-39-41-43-47(51)46(45-57(54,55)56)50-49(53)48(52)44-42-40-38-36-34-32-30-28-26-24-22-20-18-16-14-12-10-8-6-4-2/h33,35,41,43,46-48,51-52H,3-32,34,36-40,42,44-45H2,1-2H3,(H,50,53)(H,54,55,56)/b35-33+,43-41+. The van der Waals surface area contributed by atoms with Crippen molar-refractivity contribution in [2.75, 3.05) is 5.75 Å². The van der Waals surface area contributed by atoms with E-state index in [1.54, 1.807) is 6.08 Å². The number of aliphatic hydroxyl groups is 2. The zero-order valence-corrected chi connectivity index (χ0v) is 38.4. The molecule has 0 aliphatic rings. The monoisotopic (exact) mass is 826 g/mol. The second-order valence-electron chi connectivity index (χ2n) is 17.2. The van der Waals surface area contributed by atoms with Crippen LogP contribution in [-0.2, 0) is 14.9 Å². The minimum Gasteiger partial charge on any atom is -0.387 e. The molecule has 1 amide bonds. The molecule has 3 unspecified atom stereocenters. The summed E-state index contributed by atoms with van der Waals surface area (Å²) in [4.78, 5) is 12.7. The number of carbonyl (C=O) groups excluding carboxylic acids is 1. The highest BCUT2D eigenvalue weighted by Crippen LogP contribution is 2.17. The molecule has 57 heavy (non-hydrogen) atoms. The van der Waals surface area contributed by atoms with Gasteiger partial charge >= 0.3 is 0 Å². The van der Waals surface area contributed by atoms with Crippen molar-refractivity contribution in [3.05, 3.63) is 24.3 Å².